The van der Waals surface area contributed by atoms with E-state index in [1.807, 2.05) is 0 Å². The minimum atomic E-state index is -0.878. The summed E-state index contributed by atoms with van der Waals surface area (Å²) in [5.41, 5.74) is 6.20. The van der Waals surface area contributed by atoms with Crippen molar-refractivity contribution in [1.29, 1.82) is 0 Å². The van der Waals surface area contributed by atoms with Crippen molar-refractivity contribution >= 4 is 17.6 Å². The first-order valence-corrected chi connectivity index (χ1v) is 5.23. The Morgan fingerprint density at radius 2 is 2.24 bits per heavy atom. The van der Waals surface area contributed by atoms with Crippen molar-refractivity contribution < 1.29 is 14.7 Å². The van der Waals surface area contributed by atoms with Gasteiger partial charge in [0.1, 0.15) is 5.69 Å². The van der Waals surface area contributed by atoms with Crippen LogP contribution in [-0.2, 0) is 4.79 Å². The first-order valence-electron chi connectivity index (χ1n) is 5.23. The lowest BCUT2D eigenvalue weighted by atomic mass is 10.2. The number of hydrogen-bond donors (Lipinski definition) is 3. The highest BCUT2D eigenvalue weighted by atomic mass is 16.4. The van der Waals surface area contributed by atoms with Gasteiger partial charge in [0.15, 0.2) is 0 Å². The topological polar surface area (TPSA) is 105 Å². The number of anilines is 1. The first kappa shape index (κ1) is 13.0. The van der Waals surface area contributed by atoms with Gasteiger partial charge in [0.05, 0.1) is 11.9 Å². The number of carbonyl (C=O) groups excluding carboxylic acids is 1. The Kier molecular flexibility index (Phi) is 4.45. The molecule has 0 aliphatic carbocycles. The van der Waals surface area contributed by atoms with E-state index in [4.69, 9.17) is 10.8 Å². The molecule has 1 aromatic rings. The number of carbonyl (C=O) groups is 2. The zero-order chi connectivity index (χ0) is 12.8. The maximum Gasteiger partial charge on any atom is 0.303 e. The fourth-order valence-corrected chi connectivity index (χ4v) is 1.25. The van der Waals surface area contributed by atoms with Gasteiger partial charge in [0.2, 0.25) is 0 Å². The van der Waals surface area contributed by atoms with Crippen LogP contribution in [0, 0.1) is 0 Å². The van der Waals surface area contributed by atoms with Crippen molar-refractivity contribution in [3.63, 3.8) is 0 Å². The van der Waals surface area contributed by atoms with E-state index in [1.54, 1.807) is 13.0 Å². The summed E-state index contributed by atoms with van der Waals surface area (Å²) < 4.78 is 0. The van der Waals surface area contributed by atoms with Crippen LogP contribution in [0.15, 0.2) is 18.3 Å². The minimum Gasteiger partial charge on any atom is -0.481 e. The van der Waals surface area contributed by atoms with E-state index in [0.717, 1.165) is 0 Å². The van der Waals surface area contributed by atoms with E-state index in [-0.39, 0.29) is 24.1 Å². The molecule has 6 nitrogen and oxygen atoms in total. The zero-order valence-corrected chi connectivity index (χ0v) is 9.51. The van der Waals surface area contributed by atoms with Crippen LogP contribution >= 0.6 is 0 Å². The largest absolute Gasteiger partial charge is 0.481 e. The Balaban J connectivity index is 2.48. The van der Waals surface area contributed by atoms with Crippen molar-refractivity contribution in [3.05, 3.63) is 24.0 Å². The molecule has 1 atom stereocenters. The van der Waals surface area contributed by atoms with Crippen molar-refractivity contribution in [1.82, 2.24) is 10.3 Å². The molecule has 4 N–H and O–H groups in total. The number of rotatable bonds is 5. The Hall–Kier alpha value is -2.11. The molecule has 0 spiro atoms. The highest BCUT2D eigenvalue weighted by Crippen LogP contribution is 2.03. The Labute approximate surface area is 98.8 Å². The Morgan fingerprint density at radius 3 is 2.76 bits per heavy atom. The second kappa shape index (κ2) is 5.83. The zero-order valence-electron chi connectivity index (χ0n) is 9.51. The summed E-state index contributed by atoms with van der Waals surface area (Å²) in [6.45, 7) is 1.75. The molecular weight excluding hydrogens is 222 g/mol. The van der Waals surface area contributed by atoms with Gasteiger partial charge in [-0.1, -0.05) is 0 Å². The third kappa shape index (κ3) is 4.50. The summed E-state index contributed by atoms with van der Waals surface area (Å²) in [6, 6.07) is 2.90. The number of carboxylic acid groups (broad SMARTS) is 1. The van der Waals surface area contributed by atoms with Crippen molar-refractivity contribution in [2.45, 2.75) is 25.8 Å². The molecule has 0 aliphatic heterocycles. The van der Waals surface area contributed by atoms with Gasteiger partial charge in [-0.15, -0.1) is 0 Å². The van der Waals surface area contributed by atoms with Gasteiger partial charge in [-0.2, -0.15) is 0 Å². The van der Waals surface area contributed by atoms with Gasteiger partial charge in [-0.25, -0.2) is 4.98 Å². The summed E-state index contributed by atoms with van der Waals surface area (Å²) in [5.74, 6) is -1.21. The van der Waals surface area contributed by atoms with Gasteiger partial charge in [-0.05, 0) is 25.5 Å². The fraction of sp³-hybridized carbons (Fsp3) is 0.364. The van der Waals surface area contributed by atoms with E-state index < -0.39 is 5.97 Å². The predicted octanol–water partition coefficient (Wildman–Crippen LogP) is 0.647. The SMILES string of the molecule is CC(CCC(=O)O)NC(=O)c1ccc(N)cn1. The summed E-state index contributed by atoms with van der Waals surface area (Å²) in [5, 5.41) is 11.2. The second-order valence-electron chi connectivity index (χ2n) is 3.78. The number of carboxylic acids is 1. The molecule has 17 heavy (non-hydrogen) atoms. The number of nitrogens with one attached hydrogen (secondary N) is 1. The number of hydrogen-bond acceptors (Lipinski definition) is 4. The van der Waals surface area contributed by atoms with Crippen LogP contribution in [0.3, 0.4) is 0 Å². The van der Waals surface area contributed by atoms with E-state index >= 15 is 0 Å². The van der Waals surface area contributed by atoms with Crippen LogP contribution in [0.4, 0.5) is 5.69 Å². The highest BCUT2D eigenvalue weighted by Gasteiger charge is 2.11. The number of pyridine rings is 1. The normalized spacial score (nSPS) is 11.8. The van der Waals surface area contributed by atoms with E-state index in [9.17, 15) is 9.59 Å². The highest BCUT2D eigenvalue weighted by molar-refractivity contribution is 5.92. The third-order valence-corrected chi connectivity index (χ3v) is 2.19. The molecule has 1 amide bonds. The molecule has 0 saturated heterocycles. The van der Waals surface area contributed by atoms with Crippen LogP contribution < -0.4 is 11.1 Å². The van der Waals surface area contributed by atoms with Crippen molar-refractivity contribution in [2.24, 2.45) is 0 Å². The molecular formula is C11H15N3O3. The van der Waals surface area contributed by atoms with Gasteiger partial charge < -0.3 is 16.2 Å². The quantitative estimate of drug-likeness (QED) is 0.697. The molecule has 0 saturated carbocycles. The van der Waals surface area contributed by atoms with E-state index in [1.165, 1.54) is 12.3 Å². The van der Waals surface area contributed by atoms with E-state index in [0.29, 0.717) is 12.1 Å². The predicted molar refractivity (Wildman–Crippen MR) is 62.4 cm³/mol. The van der Waals surface area contributed by atoms with Crippen LogP contribution in [0.5, 0.6) is 0 Å². The monoisotopic (exact) mass is 237 g/mol. The Bertz CT molecular complexity index is 403. The number of aromatic nitrogens is 1. The maximum atomic E-state index is 11.6. The summed E-state index contributed by atoms with van der Waals surface area (Å²) in [4.78, 5) is 25.9. The van der Waals surface area contributed by atoms with Crippen LogP contribution in [0.25, 0.3) is 0 Å². The van der Waals surface area contributed by atoms with Crippen LogP contribution in [0.2, 0.25) is 0 Å². The van der Waals surface area contributed by atoms with Crippen molar-refractivity contribution in [2.75, 3.05) is 5.73 Å². The summed E-state index contributed by atoms with van der Waals surface area (Å²) in [7, 11) is 0. The third-order valence-electron chi connectivity index (χ3n) is 2.19. The van der Waals surface area contributed by atoms with Gasteiger partial charge in [0.25, 0.3) is 5.91 Å². The maximum absolute atomic E-state index is 11.6. The minimum absolute atomic E-state index is 0.0244. The molecule has 0 fully saturated rings. The summed E-state index contributed by atoms with van der Waals surface area (Å²) >= 11 is 0. The first-order chi connectivity index (χ1) is 7.99. The molecule has 1 unspecified atom stereocenters. The standard InChI is InChI=1S/C11H15N3O3/c1-7(2-5-10(15)16)14-11(17)9-4-3-8(12)6-13-9/h3-4,6-7H,2,5,12H2,1H3,(H,14,17)(H,15,16). The molecule has 1 aromatic heterocycles. The van der Waals surface area contributed by atoms with Gasteiger partial charge >= 0.3 is 5.97 Å². The van der Waals surface area contributed by atoms with Crippen LogP contribution in [-0.4, -0.2) is 28.0 Å². The molecule has 0 aromatic carbocycles. The average molecular weight is 237 g/mol. The van der Waals surface area contributed by atoms with E-state index in [2.05, 4.69) is 10.3 Å². The molecule has 1 rings (SSSR count). The Morgan fingerprint density at radius 1 is 1.53 bits per heavy atom. The molecule has 0 radical (unpaired) electrons. The van der Waals surface area contributed by atoms with Gasteiger partial charge in [-0.3, -0.25) is 9.59 Å². The summed E-state index contributed by atoms with van der Waals surface area (Å²) in [6.07, 6.45) is 1.81. The molecule has 0 bridgehead atoms. The van der Waals surface area contributed by atoms with Gasteiger partial charge in [0, 0.05) is 12.5 Å². The number of nitrogen functional groups attached to an aromatic ring is 1. The average Bonchev–Trinajstić information content (AvgIpc) is 2.27. The lowest BCUT2D eigenvalue weighted by Crippen LogP contribution is -2.33. The molecule has 6 heteroatoms. The lowest BCUT2D eigenvalue weighted by molar-refractivity contribution is -0.137. The molecule has 1 heterocycles. The van der Waals surface area contributed by atoms with Crippen molar-refractivity contribution in [3.8, 4) is 0 Å². The fourth-order valence-electron chi connectivity index (χ4n) is 1.25. The number of nitrogens with two attached hydrogens (primary N) is 1. The molecule has 92 valence electrons. The number of aliphatic carboxylic acids is 1. The molecule has 0 aliphatic rings. The second-order valence-corrected chi connectivity index (χ2v) is 3.78. The number of amides is 1. The number of nitrogens with zero attached hydrogens (tertiary/aromatic N) is 1. The van der Waals surface area contributed by atoms with Crippen LogP contribution in [0.1, 0.15) is 30.3 Å². The lowest BCUT2D eigenvalue weighted by Gasteiger charge is -2.12. The smallest absolute Gasteiger partial charge is 0.303 e.